The number of hydrogen-bond acceptors (Lipinski definition) is 5. The summed E-state index contributed by atoms with van der Waals surface area (Å²) in [6.45, 7) is 1.75. The second kappa shape index (κ2) is 4.63. The second-order valence-electron chi connectivity index (χ2n) is 2.95. The molecule has 0 unspecified atom stereocenters. The van der Waals surface area contributed by atoms with Crippen molar-refractivity contribution in [3.8, 4) is 0 Å². The van der Waals surface area contributed by atoms with E-state index in [9.17, 15) is 4.79 Å². The van der Waals surface area contributed by atoms with E-state index in [1.807, 2.05) is 0 Å². The van der Waals surface area contributed by atoms with Crippen molar-refractivity contribution < 1.29 is 0 Å². The Bertz CT molecular complexity index is 571. The van der Waals surface area contributed by atoms with Crippen LogP contribution in [0.15, 0.2) is 33.4 Å². The van der Waals surface area contributed by atoms with E-state index in [0.717, 1.165) is 0 Å². The van der Waals surface area contributed by atoms with E-state index < -0.39 is 0 Å². The van der Waals surface area contributed by atoms with E-state index in [1.165, 1.54) is 30.2 Å². The normalized spacial score (nSPS) is 10.4. The summed E-state index contributed by atoms with van der Waals surface area (Å²) in [5.41, 5.74) is 0.446. The van der Waals surface area contributed by atoms with Crippen molar-refractivity contribution in [1.29, 1.82) is 0 Å². The summed E-state index contributed by atoms with van der Waals surface area (Å²) >= 11 is 7.01. The summed E-state index contributed by atoms with van der Waals surface area (Å²) in [5.74, 6) is 0. The fourth-order valence-corrected chi connectivity index (χ4v) is 2.06. The van der Waals surface area contributed by atoms with Crippen LogP contribution in [0.2, 0.25) is 5.15 Å². The first-order valence-corrected chi connectivity index (χ1v) is 5.57. The molecule has 7 heteroatoms. The Morgan fingerprint density at radius 2 is 2.12 bits per heavy atom. The lowest BCUT2D eigenvalue weighted by molar-refractivity contribution is 0.900. The molecule has 2 aromatic heterocycles. The van der Waals surface area contributed by atoms with Crippen LogP contribution in [0, 0.1) is 6.92 Å². The van der Waals surface area contributed by atoms with Gasteiger partial charge in [0.2, 0.25) is 0 Å². The van der Waals surface area contributed by atoms with Crippen LogP contribution in [0.25, 0.3) is 0 Å². The molecule has 0 amide bonds. The van der Waals surface area contributed by atoms with Gasteiger partial charge in [0.25, 0.3) is 5.56 Å². The Morgan fingerprint density at radius 1 is 1.38 bits per heavy atom. The summed E-state index contributed by atoms with van der Waals surface area (Å²) in [6.07, 6.45) is 3.03. The maximum atomic E-state index is 11.2. The number of nitrogens with one attached hydrogen (secondary N) is 1. The van der Waals surface area contributed by atoms with Crippen LogP contribution in [0.1, 0.15) is 5.69 Å². The van der Waals surface area contributed by atoms with Gasteiger partial charge in [-0.25, -0.2) is 15.0 Å². The van der Waals surface area contributed by atoms with Gasteiger partial charge in [0.15, 0.2) is 10.3 Å². The van der Waals surface area contributed by atoms with Crippen LogP contribution in [0.4, 0.5) is 0 Å². The molecule has 0 aliphatic heterocycles. The van der Waals surface area contributed by atoms with Crippen LogP contribution >= 0.6 is 23.4 Å². The van der Waals surface area contributed by atoms with Gasteiger partial charge in [0, 0.05) is 24.2 Å². The third kappa shape index (κ3) is 2.59. The number of H-pyrrole nitrogens is 1. The molecule has 0 saturated heterocycles. The van der Waals surface area contributed by atoms with Crippen molar-refractivity contribution in [2.45, 2.75) is 17.1 Å². The monoisotopic (exact) mass is 254 g/mol. The van der Waals surface area contributed by atoms with E-state index in [1.54, 1.807) is 6.92 Å². The molecule has 0 aliphatic rings. The molecule has 2 rings (SSSR count). The molecule has 0 bridgehead atoms. The van der Waals surface area contributed by atoms with Crippen LogP contribution in [0.3, 0.4) is 0 Å². The predicted molar refractivity (Wildman–Crippen MR) is 60.8 cm³/mol. The zero-order chi connectivity index (χ0) is 11.5. The summed E-state index contributed by atoms with van der Waals surface area (Å²) in [4.78, 5) is 25.9. The van der Waals surface area contributed by atoms with Crippen molar-refractivity contribution in [2.24, 2.45) is 0 Å². The Kier molecular flexibility index (Phi) is 3.21. The van der Waals surface area contributed by atoms with Gasteiger partial charge < -0.3 is 4.98 Å². The Hall–Kier alpha value is -1.40. The Balaban J connectivity index is 2.34. The summed E-state index contributed by atoms with van der Waals surface area (Å²) in [5, 5.41) is 1.25. The number of aromatic amines is 1. The quantitative estimate of drug-likeness (QED) is 0.826. The minimum Gasteiger partial charge on any atom is -0.301 e. The highest BCUT2D eigenvalue weighted by atomic mass is 35.5. The summed E-state index contributed by atoms with van der Waals surface area (Å²) < 4.78 is 0. The number of rotatable bonds is 2. The maximum absolute atomic E-state index is 11.2. The number of halogens is 1. The minimum absolute atomic E-state index is 0.199. The molecule has 0 aliphatic carbocycles. The molecule has 0 atom stereocenters. The number of aromatic nitrogens is 4. The molecule has 82 valence electrons. The molecule has 0 fully saturated rings. The molecule has 2 aromatic rings. The van der Waals surface area contributed by atoms with E-state index in [2.05, 4.69) is 19.9 Å². The molecular weight excluding hydrogens is 248 g/mol. The molecule has 0 spiro atoms. The molecule has 5 nitrogen and oxygen atoms in total. The van der Waals surface area contributed by atoms with Gasteiger partial charge in [0.05, 0.1) is 0 Å². The van der Waals surface area contributed by atoms with Crippen LogP contribution < -0.4 is 5.56 Å². The minimum atomic E-state index is -0.199. The van der Waals surface area contributed by atoms with Gasteiger partial charge >= 0.3 is 0 Å². The molecule has 1 N–H and O–H groups in total. The van der Waals surface area contributed by atoms with Crippen LogP contribution in [-0.2, 0) is 0 Å². The number of hydrogen-bond donors (Lipinski definition) is 1. The second-order valence-corrected chi connectivity index (χ2v) is 4.28. The van der Waals surface area contributed by atoms with Gasteiger partial charge in [-0.3, -0.25) is 4.79 Å². The topological polar surface area (TPSA) is 71.5 Å². The zero-order valence-electron chi connectivity index (χ0n) is 8.27. The van der Waals surface area contributed by atoms with Crippen molar-refractivity contribution in [2.75, 3.05) is 0 Å². The smallest absolute Gasteiger partial charge is 0.251 e. The highest BCUT2D eigenvalue weighted by Gasteiger charge is 2.07. The third-order valence-corrected chi connectivity index (χ3v) is 2.93. The highest BCUT2D eigenvalue weighted by molar-refractivity contribution is 7.99. The standard InChI is InChI=1S/C9H7ClN4OS/c1-5-4-6(15)14-9(13-5)16-8-7(10)11-2-3-12-8/h2-4H,1H3,(H,13,14,15). The van der Waals surface area contributed by atoms with Gasteiger partial charge in [-0.05, 0) is 18.7 Å². The number of nitrogens with zero attached hydrogens (tertiary/aromatic N) is 3. The zero-order valence-corrected chi connectivity index (χ0v) is 9.84. The first-order valence-electron chi connectivity index (χ1n) is 4.37. The Morgan fingerprint density at radius 3 is 2.81 bits per heavy atom. The van der Waals surface area contributed by atoms with Gasteiger partial charge in [-0.1, -0.05) is 11.6 Å². The largest absolute Gasteiger partial charge is 0.301 e. The summed E-state index contributed by atoms with van der Waals surface area (Å²) in [6, 6.07) is 1.42. The van der Waals surface area contributed by atoms with Crippen LogP contribution in [-0.4, -0.2) is 19.9 Å². The lowest BCUT2D eigenvalue weighted by atomic mass is 10.5. The molecule has 2 heterocycles. The van der Waals surface area contributed by atoms with Crippen molar-refractivity contribution in [3.05, 3.63) is 39.7 Å². The van der Waals surface area contributed by atoms with Crippen molar-refractivity contribution >= 4 is 23.4 Å². The first kappa shape index (κ1) is 11.1. The molecule has 0 aromatic carbocycles. The molecular formula is C9H7ClN4OS. The number of aryl methyl sites for hydroxylation is 1. The van der Waals surface area contributed by atoms with Crippen molar-refractivity contribution in [3.63, 3.8) is 0 Å². The highest BCUT2D eigenvalue weighted by Crippen LogP contribution is 2.26. The first-order chi connectivity index (χ1) is 7.65. The van der Waals surface area contributed by atoms with E-state index >= 15 is 0 Å². The van der Waals surface area contributed by atoms with Gasteiger partial charge in [-0.2, -0.15) is 0 Å². The molecule has 0 saturated carbocycles. The SMILES string of the molecule is Cc1cc(=O)[nH]c(Sc2nccnc2Cl)n1. The molecule has 16 heavy (non-hydrogen) atoms. The fourth-order valence-electron chi connectivity index (χ4n) is 1.07. The fraction of sp³-hybridized carbons (Fsp3) is 0.111. The third-order valence-electron chi connectivity index (χ3n) is 1.66. The molecule has 0 radical (unpaired) electrons. The van der Waals surface area contributed by atoms with Crippen molar-refractivity contribution in [1.82, 2.24) is 19.9 Å². The average molecular weight is 255 g/mol. The Labute approximate surface area is 100 Å². The van der Waals surface area contributed by atoms with Gasteiger partial charge in [0.1, 0.15) is 5.03 Å². The van der Waals surface area contributed by atoms with Crippen LogP contribution in [0.5, 0.6) is 0 Å². The lowest BCUT2D eigenvalue weighted by Gasteiger charge is -2.01. The predicted octanol–water partition coefficient (Wildman–Crippen LogP) is 1.67. The maximum Gasteiger partial charge on any atom is 0.251 e. The van der Waals surface area contributed by atoms with E-state index in [-0.39, 0.29) is 10.7 Å². The lowest BCUT2D eigenvalue weighted by Crippen LogP contribution is -2.08. The van der Waals surface area contributed by atoms with Gasteiger partial charge in [-0.15, -0.1) is 0 Å². The average Bonchev–Trinajstić information content (AvgIpc) is 2.20. The summed E-state index contributed by atoms with van der Waals surface area (Å²) in [7, 11) is 0. The van der Waals surface area contributed by atoms with E-state index in [4.69, 9.17) is 11.6 Å². The van der Waals surface area contributed by atoms with E-state index in [0.29, 0.717) is 15.9 Å².